The van der Waals surface area contributed by atoms with Gasteiger partial charge in [0.1, 0.15) is 0 Å². The van der Waals surface area contributed by atoms with Crippen LogP contribution in [0.2, 0.25) is 0 Å². The first-order chi connectivity index (χ1) is 6.97. The second-order valence-corrected chi connectivity index (χ2v) is 3.43. The van der Waals surface area contributed by atoms with Gasteiger partial charge in [-0.25, -0.2) is 4.18 Å². The smallest absolute Gasteiger partial charge is 0.394 e. The molecule has 7 heteroatoms. The van der Waals surface area contributed by atoms with E-state index >= 15 is 0 Å². The predicted molar refractivity (Wildman–Crippen MR) is 55.9 cm³/mol. The van der Waals surface area contributed by atoms with E-state index in [1.807, 2.05) is 6.92 Å². The third-order valence-electron chi connectivity index (χ3n) is 0.919. The molecular formula is C8H18O6S. The second kappa shape index (κ2) is 11.6. The van der Waals surface area contributed by atoms with Crippen molar-refractivity contribution in [2.24, 2.45) is 0 Å². The molecule has 0 rings (SSSR count). The van der Waals surface area contributed by atoms with Gasteiger partial charge in [-0.05, 0) is 6.42 Å². The standard InChI is InChI=1S/C5H12O2.C3H6O4S/c1-2-4-7-5-3-6;1-2-3-7-8(4,5)6/h6H,2-5H2,1H3;2H,1,3H2,(H,4,5,6). The fourth-order valence-corrected chi connectivity index (χ4v) is 0.713. The average Bonchev–Trinajstić information content (AvgIpc) is 2.16. The van der Waals surface area contributed by atoms with Crippen molar-refractivity contribution < 1.29 is 27.0 Å². The van der Waals surface area contributed by atoms with E-state index in [-0.39, 0.29) is 13.2 Å². The average molecular weight is 242 g/mol. The van der Waals surface area contributed by atoms with Gasteiger partial charge in [0.25, 0.3) is 0 Å². The van der Waals surface area contributed by atoms with Crippen molar-refractivity contribution in [3.63, 3.8) is 0 Å². The number of aliphatic hydroxyl groups excluding tert-OH is 1. The Morgan fingerprint density at radius 3 is 2.27 bits per heavy atom. The van der Waals surface area contributed by atoms with Crippen LogP contribution in [0.25, 0.3) is 0 Å². The maximum atomic E-state index is 9.68. The van der Waals surface area contributed by atoms with Gasteiger partial charge in [0.15, 0.2) is 0 Å². The second-order valence-electron chi connectivity index (χ2n) is 2.34. The van der Waals surface area contributed by atoms with Gasteiger partial charge in [0.2, 0.25) is 0 Å². The van der Waals surface area contributed by atoms with Crippen molar-refractivity contribution in [1.29, 1.82) is 0 Å². The van der Waals surface area contributed by atoms with Gasteiger partial charge in [-0.15, -0.1) is 6.58 Å². The Kier molecular flexibility index (Phi) is 13.1. The van der Waals surface area contributed by atoms with Crippen LogP contribution in [0, 0.1) is 0 Å². The first kappa shape index (κ1) is 16.9. The maximum absolute atomic E-state index is 9.68. The first-order valence-corrected chi connectivity index (χ1v) is 5.75. The Morgan fingerprint density at radius 1 is 1.40 bits per heavy atom. The maximum Gasteiger partial charge on any atom is 0.397 e. The Hall–Kier alpha value is -0.470. The SMILES string of the molecule is C=CCOS(=O)(=O)O.CCCOCCO. The third-order valence-corrected chi connectivity index (χ3v) is 1.35. The van der Waals surface area contributed by atoms with Crippen molar-refractivity contribution in [2.45, 2.75) is 13.3 Å². The molecule has 0 saturated carbocycles. The molecule has 0 aliphatic heterocycles. The number of aliphatic hydroxyl groups is 1. The lowest BCUT2D eigenvalue weighted by molar-refractivity contribution is 0.0928. The highest BCUT2D eigenvalue weighted by Gasteiger charge is 1.99. The lowest BCUT2D eigenvalue weighted by atomic mass is 10.5. The Labute approximate surface area is 90.5 Å². The Balaban J connectivity index is 0. The van der Waals surface area contributed by atoms with Crippen molar-refractivity contribution >= 4 is 10.4 Å². The van der Waals surface area contributed by atoms with Gasteiger partial charge < -0.3 is 9.84 Å². The Bertz CT molecular complexity index is 219. The number of hydrogen-bond donors (Lipinski definition) is 2. The molecule has 0 aliphatic rings. The first-order valence-electron chi connectivity index (χ1n) is 4.39. The summed E-state index contributed by atoms with van der Waals surface area (Å²) in [5.74, 6) is 0. The molecule has 15 heavy (non-hydrogen) atoms. The van der Waals surface area contributed by atoms with Crippen LogP contribution in [0.5, 0.6) is 0 Å². The highest BCUT2D eigenvalue weighted by Crippen LogP contribution is 1.83. The molecule has 0 saturated heterocycles. The Morgan fingerprint density at radius 2 is 2.00 bits per heavy atom. The van der Waals surface area contributed by atoms with Gasteiger partial charge >= 0.3 is 10.4 Å². The monoisotopic (exact) mass is 242 g/mol. The van der Waals surface area contributed by atoms with E-state index in [1.165, 1.54) is 6.08 Å². The van der Waals surface area contributed by atoms with Crippen LogP contribution in [0.1, 0.15) is 13.3 Å². The molecule has 0 bridgehead atoms. The summed E-state index contributed by atoms with van der Waals surface area (Å²) in [5, 5.41) is 8.17. The van der Waals surface area contributed by atoms with Crippen LogP contribution >= 0.6 is 0 Å². The summed E-state index contributed by atoms with van der Waals surface area (Å²) in [5.41, 5.74) is 0. The summed E-state index contributed by atoms with van der Waals surface area (Å²) in [7, 11) is -4.26. The number of ether oxygens (including phenoxy) is 1. The lowest BCUT2D eigenvalue weighted by Crippen LogP contribution is -2.02. The zero-order valence-corrected chi connectivity index (χ0v) is 9.57. The summed E-state index contributed by atoms with van der Waals surface area (Å²) in [6.45, 7) is 6.39. The summed E-state index contributed by atoms with van der Waals surface area (Å²) in [4.78, 5) is 0. The minimum absolute atomic E-state index is 0.139. The van der Waals surface area contributed by atoms with Crippen molar-refractivity contribution in [3.8, 4) is 0 Å². The fraction of sp³-hybridized carbons (Fsp3) is 0.750. The summed E-state index contributed by atoms with van der Waals surface area (Å²) in [6, 6.07) is 0. The number of rotatable bonds is 7. The lowest BCUT2D eigenvalue weighted by Gasteiger charge is -1.94. The van der Waals surface area contributed by atoms with Gasteiger partial charge in [0, 0.05) is 6.61 Å². The molecule has 0 heterocycles. The van der Waals surface area contributed by atoms with E-state index < -0.39 is 10.4 Å². The molecule has 0 atom stereocenters. The molecule has 0 aromatic heterocycles. The van der Waals surface area contributed by atoms with Gasteiger partial charge in [-0.1, -0.05) is 13.0 Å². The molecule has 0 aliphatic carbocycles. The van der Waals surface area contributed by atoms with E-state index in [0.29, 0.717) is 6.61 Å². The molecular weight excluding hydrogens is 224 g/mol. The van der Waals surface area contributed by atoms with E-state index in [4.69, 9.17) is 14.4 Å². The highest BCUT2D eigenvalue weighted by molar-refractivity contribution is 7.80. The van der Waals surface area contributed by atoms with E-state index in [9.17, 15) is 8.42 Å². The largest absolute Gasteiger partial charge is 0.397 e. The normalized spacial score (nSPS) is 10.3. The number of hydrogen-bond acceptors (Lipinski definition) is 5. The molecule has 0 radical (unpaired) electrons. The fourth-order valence-electron chi connectivity index (χ4n) is 0.445. The van der Waals surface area contributed by atoms with Crippen LogP contribution in [-0.2, 0) is 19.3 Å². The molecule has 92 valence electrons. The third kappa shape index (κ3) is 24.7. The van der Waals surface area contributed by atoms with Crippen molar-refractivity contribution in [3.05, 3.63) is 12.7 Å². The zero-order valence-electron chi connectivity index (χ0n) is 8.76. The molecule has 0 amide bonds. The molecule has 2 N–H and O–H groups in total. The molecule has 0 aromatic carbocycles. The van der Waals surface area contributed by atoms with E-state index in [2.05, 4.69) is 10.8 Å². The van der Waals surface area contributed by atoms with Crippen LogP contribution < -0.4 is 0 Å². The van der Waals surface area contributed by atoms with E-state index in [1.54, 1.807) is 0 Å². The minimum atomic E-state index is -4.26. The minimum Gasteiger partial charge on any atom is -0.394 e. The molecule has 0 unspecified atom stereocenters. The molecule has 0 spiro atoms. The summed E-state index contributed by atoms with van der Waals surface area (Å²) in [6.07, 6.45) is 2.24. The van der Waals surface area contributed by atoms with Crippen LogP contribution in [0.4, 0.5) is 0 Å². The van der Waals surface area contributed by atoms with Gasteiger partial charge in [-0.2, -0.15) is 8.42 Å². The zero-order chi connectivity index (χ0) is 12.2. The quantitative estimate of drug-likeness (QED) is 0.381. The topological polar surface area (TPSA) is 93.1 Å². The van der Waals surface area contributed by atoms with Crippen LogP contribution in [0.3, 0.4) is 0 Å². The summed E-state index contributed by atoms with van der Waals surface area (Å²) >= 11 is 0. The molecule has 6 nitrogen and oxygen atoms in total. The molecule has 0 fully saturated rings. The predicted octanol–water partition coefficient (Wildman–Crippen LogP) is 0.397. The highest BCUT2D eigenvalue weighted by atomic mass is 32.3. The van der Waals surface area contributed by atoms with Crippen molar-refractivity contribution in [1.82, 2.24) is 0 Å². The van der Waals surface area contributed by atoms with Crippen LogP contribution in [0.15, 0.2) is 12.7 Å². The summed E-state index contributed by atoms with van der Waals surface area (Å²) < 4.78 is 35.9. The van der Waals surface area contributed by atoms with Gasteiger partial charge in [-0.3, -0.25) is 4.55 Å². The van der Waals surface area contributed by atoms with E-state index in [0.717, 1.165) is 13.0 Å². The van der Waals surface area contributed by atoms with Crippen LogP contribution in [-0.4, -0.2) is 44.5 Å². The molecule has 0 aromatic rings. The van der Waals surface area contributed by atoms with Crippen molar-refractivity contribution in [2.75, 3.05) is 26.4 Å². The van der Waals surface area contributed by atoms with Gasteiger partial charge in [0.05, 0.1) is 19.8 Å².